The molecule has 0 unspecified atom stereocenters. The average Bonchev–Trinajstić information content (AvgIpc) is 3.22. The minimum Gasteiger partial charge on any atom is -0.469 e. The van der Waals surface area contributed by atoms with Gasteiger partial charge in [-0.25, -0.2) is 4.98 Å². The van der Waals surface area contributed by atoms with Crippen molar-refractivity contribution in [2.75, 3.05) is 19.7 Å². The van der Waals surface area contributed by atoms with Gasteiger partial charge in [-0.1, -0.05) is 23.5 Å². The molecule has 3 aromatic rings. The fourth-order valence-corrected chi connectivity index (χ4v) is 3.93. The Labute approximate surface area is 144 Å². The lowest BCUT2D eigenvalue weighted by Crippen LogP contribution is -2.34. The van der Waals surface area contributed by atoms with E-state index in [9.17, 15) is 0 Å². The Balaban J connectivity index is 1.44. The zero-order chi connectivity index (χ0) is 16.4. The summed E-state index contributed by atoms with van der Waals surface area (Å²) in [7, 11) is 0. The first-order valence-corrected chi connectivity index (χ1v) is 9.16. The lowest BCUT2D eigenvalue weighted by atomic mass is 9.98. The standard InChI is InChI=1S/C17H20N4O2S/c1-2-22-17-20-19-15(24-17)11-21-9-5-6-12(10-21)16-18-13-7-3-4-8-14(13)23-16/h3-4,7-8,12H,2,5-6,9-11H2,1H3/t12-/m0/s1. The zero-order valence-corrected chi connectivity index (χ0v) is 14.5. The van der Waals surface area contributed by atoms with Crippen LogP contribution < -0.4 is 4.74 Å². The van der Waals surface area contributed by atoms with Crippen molar-refractivity contribution >= 4 is 22.4 Å². The van der Waals surface area contributed by atoms with Gasteiger partial charge in [0.15, 0.2) is 11.5 Å². The van der Waals surface area contributed by atoms with Gasteiger partial charge in [0.05, 0.1) is 13.2 Å². The van der Waals surface area contributed by atoms with E-state index in [1.165, 1.54) is 11.3 Å². The molecule has 1 saturated heterocycles. The van der Waals surface area contributed by atoms with E-state index in [1.807, 2.05) is 31.2 Å². The number of hydrogen-bond acceptors (Lipinski definition) is 7. The van der Waals surface area contributed by atoms with Crippen molar-refractivity contribution in [1.29, 1.82) is 0 Å². The normalized spacial score (nSPS) is 19.0. The van der Waals surface area contributed by atoms with Gasteiger partial charge >= 0.3 is 0 Å². The number of ether oxygens (including phenoxy) is 1. The van der Waals surface area contributed by atoms with Gasteiger partial charge < -0.3 is 9.15 Å². The van der Waals surface area contributed by atoms with E-state index in [1.54, 1.807) is 0 Å². The van der Waals surface area contributed by atoms with Gasteiger partial charge in [0, 0.05) is 12.5 Å². The zero-order valence-electron chi connectivity index (χ0n) is 13.6. The summed E-state index contributed by atoms with van der Waals surface area (Å²) in [6.45, 7) is 5.40. The summed E-state index contributed by atoms with van der Waals surface area (Å²) in [5.74, 6) is 1.19. The second kappa shape index (κ2) is 6.86. The third-order valence-corrected chi connectivity index (χ3v) is 5.06. The molecule has 1 fully saturated rings. The molecular weight excluding hydrogens is 324 g/mol. The number of likely N-dealkylation sites (tertiary alicyclic amines) is 1. The van der Waals surface area contributed by atoms with Gasteiger partial charge in [-0.3, -0.25) is 4.90 Å². The van der Waals surface area contributed by atoms with Gasteiger partial charge in [-0.2, -0.15) is 0 Å². The highest BCUT2D eigenvalue weighted by Gasteiger charge is 2.26. The summed E-state index contributed by atoms with van der Waals surface area (Å²) in [6, 6.07) is 7.95. The Morgan fingerprint density at radius 2 is 2.25 bits per heavy atom. The van der Waals surface area contributed by atoms with Gasteiger partial charge in [0.2, 0.25) is 0 Å². The third-order valence-electron chi connectivity index (χ3n) is 4.24. The van der Waals surface area contributed by atoms with E-state index in [2.05, 4.69) is 20.1 Å². The molecule has 1 aromatic carbocycles. The average molecular weight is 344 g/mol. The Morgan fingerprint density at radius 1 is 1.33 bits per heavy atom. The number of hydrogen-bond donors (Lipinski definition) is 0. The van der Waals surface area contributed by atoms with Crippen LogP contribution >= 0.6 is 11.3 Å². The van der Waals surface area contributed by atoms with Gasteiger partial charge in [-0.05, 0) is 38.4 Å². The van der Waals surface area contributed by atoms with Crippen LogP contribution in [-0.2, 0) is 6.54 Å². The minimum atomic E-state index is 0.338. The number of nitrogens with zero attached hydrogens (tertiary/aromatic N) is 4. The monoisotopic (exact) mass is 344 g/mol. The summed E-state index contributed by atoms with van der Waals surface area (Å²) in [6.07, 6.45) is 2.25. The van der Waals surface area contributed by atoms with Crippen LogP contribution in [0.5, 0.6) is 5.19 Å². The van der Waals surface area contributed by atoms with Crippen LogP contribution in [0, 0.1) is 0 Å². The molecule has 0 amide bonds. The fourth-order valence-electron chi connectivity index (χ4n) is 3.14. The van der Waals surface area contributed by atoms with Gasteiger partial charge in [0.25, 0.3) is 5.19 Å². The number of piperidine rings is 1. The van der Waals surface area contributed by atoms with Crippen LogP contribution in [0.4, 0.5) is 0 Å². The predicted octanol–water partition coefficient (Wildman–Crippen LogP) is 3.46. The first kappa shape index (κ1) is 15.5. The SMILES string of the molecule is CCOc1nnc(CN2CCC[C@H](c3nc4ccccc4o3)C2)s1. The van der Waals surface area contributed by atoms with E-state index in [0.29, 0.717) is 17.7 Å². The molecule has 126 valence electrons. The van der Waals surface area contributed by atoms with Crippen molar-refractivity contribution in [3.8, 4) is 5.19 Å². The number of oxazole rings is 1. The molecule has 1 aliphatic rings. The molecule has 0 aliphatic carbocycles. The predicted molar refractivity (Wildman–Crippen MR) is 92.3 cm³/mol. The lowest BCUT2D eigenvalue weighted by Gasteiger charge is -2.30. The molecule has 0 N–H and O–H groups in total. The molecule has 1 atom stereocenters. The van der Waals surface area contributed by atoms with E-state index in [4.69, 9.17) is 9.15 Å². The Kier molecular flexibility index (Phi) is 4.44. The minimum absolute atomic E-state index is 0.338. The highest BCUT2D eigenvalue weighted by atomic mass is 32.1. The Morgan fingerprint density at radius 3 is 3.12 bits per heavy atom. The molecule has 24 heavy (non-hydrogen) atoms. The van der Waals surface area contributed by atoms with E-state index in [0.717, 1.165) is 54.5 Å². The first-order valence-electron chi connectivity index (χ1n) is 8.35. The summed E-state index contributed by atoms with van der Waals surface area (Å²) in [5.41, 5.74) is 1.81. The van der Waals surface area contributed by atoms with Crippen molar-refractivity contribution in [3.63, 3.8) is 0 Å². The van der Waals surface area contributed by atoms with Gasteiger partial charge in [0.1, 0.15) is 10.5 Å². The van der Waals surface area contributed by atoms with Crippen LogP contribution in [0.3, 0.4) is 0 Å². The summed E-state index contributed by atoms with van der Waals surface area (Å²) >= 11 is 1.53. The maximum Gasteiger partial charge on any atom is 0.294 e. The summed E-state index contributed by atoms with van der Waals surface area (Å²) < 4.78 is 11.4. The molecule has 2 aromatic heterocycles. The summed E-state index contributed by atoms with van der Waals surface area (Å²) in [5, 5.41) is 9.94. The second-order valence-corrected chi connectivity index (χ2v) is 7.01. The molecule has 3 heterocycles. The van der Waals surface area contributed by atoms with Crippen LogP contribution in [-0.4, -0.2) is 39.8 Å². The number of fused-ring (bicyclic) bond motifs is 1. The lowest BCUT2D eigenvalue weighted by molar-refractivity contribution is 0.187. The van der Waals surface area contributed by atoms with Crippen LogP contribution in [0.25, 0.3) is 11.1 Å². The molecular formula is C17H20N4O2S. The maximum absolute atomic E-state index is 5.96. The van der Waals surface area contributed by atoms with Crippen LogP contribution in [0.1, 0.15) is 36.6 Å². The smallest absolute Gasteiger partial charge is 0.294 e. The molecule has 0 bridgehead atoms. The molecule has 4 rings (SSSR count). The summed E-state index contributed by atoms with van der Waals surface area (Å²) in [4.78, 5) is 7.07. The van der Waals surface area contributed by atoms with Crippen molar-refractivity contribution in [1.82, 2.24) is 20.1 Å². The maximum atomic E-state index is 5.96. The Hall–Kier alpha value is -1.99. The molecule has 6 nitrogen and oxygen atoms in total. The number of rotatable bonds is 5. The largest absolute Gasteiger partial charge is 0.469 e. The van der Waals surface area contributed by atoms with Crippen molar-refractivity contribution in [2.45, 2.75) is 32.2 Å². The Bertz CT molecular complexity index is 783. The molecule has 1 aliphatic heterocycles. The van der Waals surface area contributed by atoms with Crippen LogP contribution in [0.2, 0.25) is 0 Å². The van der Waals surface area contributed by atoms with Crippen molar-refractivity contribution < 1.29 is 9.15 Å². The highest BCUT2D eigenvalue weighted by Crippen LogP contribution is 2.30. The number of benzene rings is 1. The molecule has 0 spiro atoms. The first-order chi connectivity index (χ1) is 11.8. The highest BCUT2D eigenvalue weighted by molar-refractivity contribution is 7.13. The molecule has 7 heteroatoms. The fraction of sp³-hybridized carbons (Fsp3) is 0.471. The van der Waals surface area contributed by atoms with Crippen molar-refractivity contribution in [2.24, 2.45) is 0 Å². The number of aromatic nitrogens is 3. The quantitative estimate of drug-likeness (QED) is 0.706. The second-order valence-electron chi connectivity index (χ2n) is 5.99. The van der Waals surface area contributed by atoms with Crippen LogP contribution in [0.15, 0.2) is 28.7 Å². The van der Waals surface area contributed by atoms with Gasteiger partial charge in [-0.15, -0.1) is 10.2 Å². The van der Waals surface area contributed by atoms with E-state index in [-0.39, 0.29) is 0 Å². The number of para-hydroxylation sites is 2. The van der Waals surface area contributed by atoms with E-state index >= 15 is 0 Å². The third kappa shape index (κ3) is 3.27. The molecule has 0 radical (unpaired) electrons. The van der Waals surface area contributed by atoms with E-state index < -0.39 is 0 Å². The molecule has 0 saturated carbocycles. The van der Waals surface area contributed by atoms with Crippen molar-refractivity contribution in [3.05, 3.63) is 35.2 Å². The topological polar surface area (TPSA) is 64.3 Å².